The number of benzene rings is 1. The maximum Gasteiger partial charge on any atom is 0.161 e. The topological polar surface area (TPSA) is 92.8 Å². The lowest BCUT2D eigenvalue weighted by Gasteiger charge is -2.13. The number of carbonyl (C=O) groups excluding carboxylic acids is 1. The first-order chi connectivity index (χ1) is 7.13. The third-order valence-electron chi connectivity index (χ3n) is 2.09. The lowest BCUT2D eigenvalue weighted by molar-refractivity contribution is 0.111. The molecule has 1 atom stereocenters. The van der Waals surface area contributed by atoms with Gasteiger partial charge in [-0.15, -0.1) is 0 Å². The first kappa shape index (κ1) is 11.5. The van der Waals surface area contributed by atoms with Gasteiger partial charge in [0.05, 0.1) is 13.2 Å². The van der Waals surface area contributed by atoms with Gasteiger partial charge in [-0.05, 0) is 17.7 Å². The van der Waals surface area contributed by atoms with Crippen molar-refractivity contribution in [3.63, 3.8) is 0 Å². The second-order valence-corrected chi connectivity index (χ2v) is 3.02. The molecule has 0 amide bonds. The van der Waals surface area contributed by atoms with Crippen molar-refractivity contribution in [1.29, 1.82) is 0 Å². The SMILES string of the molecule is COc1cc(C=O)c(C(O)CN)cc1O. The predicted molar refractivity (Wildman–Crippen MR) is 54.1 cm³/mol. The van der Waals surface area contributed by atoms with Crippen molar-refractivity contribution in [2.24, 2.45) is 5.73 Å². The van der Waals surface area contributed by atoms with Gasteiger partial charge in [0.2, 0.25) is 0 Å². The van der Waals surface area contributed by atoms with Crippen LogP contribution in [-0.4, -0.2) is 30.2 Å². The monoisotopic (exact) mass is 211 g/mol. The summed E-state index contributed by atoms with van der Waals surface area (Å²) in [7, 11) is 1.38. The number of aldehydes is 1. The highest BCUT2D eigenvalue weighted by Crippen LogP contribution is 2.31. The van der Waals surface area contributed by atoms with Crippen molar-refractivity contribution in [3.05, 3.63) is 23.3 Å². The molecule has 82 valence electrons. The van der Waals surface area contributed by atoms with Crippen molar-refractivity contribution in [3.8, 4) is 11.5 Å². The van der Waals surface area contributed by atoms with Gasteiger partial charge in [0.15, 0.2) is 17.8 Å². The number of carbonyl (C=O) groups is 1. The summed E-state index contributed by atoms with van der Waals surface area (Å²) in [4.78, 5) is 10.7. The number of hydrogen-bond donors (Lipinski definition) is 3. The van der Waals surface area contributed by atoms with Crippen LogP contribution in [0, 0.1) is 0 Å². The summed E-state index contributed by atoms with van der Waals surface area (Å²) in [6.07, 6.45) is -0.391. The van der Waals surface area contributed by atoms with Gasteiger partial charge < -0.3 is 20.7 Å². The fourth-order valence-electron chi connectivity index (χ4n) is 1.28. The normalized spacial score (nSPS) is 12.2. The number of phenols is 1. The molecule has 0 fully saturated rings. The van der Waals surface area contributed by atoms with Crippen LogP contribution in [0.1, 0.15) is 22.0 Å². The second-order valence-electron chi connectivity index (χ2n) is 3.02. The maximum atomic E-state index is 10.7. The third kappa shape index (κ3) is 2.26. The fraction of sp³-hybridized carbons (Fsp3) is 0.300. The highest BCUT2D eigenvalue weighted by molar-refractivity contribution is 5.79. The van der Waals surface area contributed by atoms with Crippen molar-refractivity contribution in [1.82, 2.24) is 0 Å². The first-order valence-corrected chi connectivity index (χ1v) is 4.38. The Bertz CT molecular complexity index is 365. The minimum absolute atomic E-state index is 0.0212. The van der Waals surface area contributed by atoms with Crippen molar-refractivity contribution < 1.29 is 19.7 Å². The lowest BCUT2D eigenvalue weighted by atomic mass is 10.0. The minimum Gasteiger partial charge on any atom is -0.504 e. The number of phenolic OH excluding ortho intramolecular Hbond substituents is 1. The van der Waals surface area contributed by atoms with E-state index in [1.165, 1.54) is 19.2 Å². The highest BCUT2D eigenvalue weighted by atomic mass is 16.5. The highest BCUT2D eigenvalue weighted by Gasteiger charge is 2.14. The van der Waals surface area contributed by atoms with E-state index >= 15 is 0 Å². The molecule has 5 nitrogen and oxygen atoms in total. The number of methoxy groups -OCH3 is 1. The average Bonchev–Trinajstić information content (AvgIpc) is 2.27. The van der Waals surface area contributed by atoms with E-state index in [0.29, 0.717) is 11.8 Å². The average molecular weight is 211 g/mol. The van der Waals surface area contributed by atoms with E-state index in [1.54, 1.807) is 0 Å². The van der Waals surface area contributed by atoms with Gasteiger partial charge in [-0.25, -0.2) is 0 Å². The molecule has 4 N–H and O–H groups in total. The van der Waals surface area contributed by atoms with E-state index in [-0.39, 0.29) is 23.6 Å². The zero-order chi connectivity index (χ0) is 11.4. The van der Waals surface area contributed by atoms with Crippen LogP contribution >= 0.6 is 0 Å². The molecule has 0 aromatic heterocycles. The van der Waals surface area contributed by atoms with E-state index in [4.69, 9.17) is 10.5 Å². The summed E-state index contributed by atoms with van der Waals surface area (Å²) in [5, 5.41) is 19.0. The molecule has 1 rings (SSSR count). The van der Waals surface area contributed by atoms with Gasteiger partial charge in [-0.2, -0.15) is 0 Å². The number of hydrogen-bond acceptors (Lipinski definition) is 5. The van der Waals surface area contributed by atoms with Crippen LogP contribution in [0.25, 0.3) is 0 Å². The van der Waals surface area contributed by atoms with E-state index < -0.39 is 6.10 Å². The Hall–Kier alpha value is -1.59. The Morgan fingerprint density at radius 3 is 2.73 bits per heavy atom. The van der Waals surface area contributed by atoms with Crippen molar-refractivity contribution in [2.45, 2.75) is 6.10 Å². The Kier molecular flexibility index (Phi) is 3.65. The number of aromatic hydroxyl groups is 1. The zero-order valence-electron chi connectivity index (χ0n) is 8.30. The van der Waals surface area contributed by atoms with Crippen LogP contribution in [-0.2, 0) is 0 Å². The molecule has 5 heteroatoms. The largest absolute Gasteiger partial charge is 0.504 e. The Labute approximate surface area is 87.1 Å². The molecular formula is C10H13NO4. The van der Waals surface area contributed by atoms with Crippen LogP contribution in [0.3, 0.4) is 0 Å². The summed E-state index contributed by atoms with van der Waals surface area (Å²) in [6.45, 7) is -0.0212. The smallest absolute Gasteiger partial charge is 0.161 e. The molecule has 0 aliphatic rings. The van der Waals surface area contributed by atoms with Gasteiger partial charge in [0.25, 0.3) is 0 Å². The number of aliphatic hydroxyl groups is 1. The van der Waals surface area contributed by atoms with Crippen LogP contribution in [0.2, 0.25) is 0 Å². The van der Waals surface area contributed by atoms with Gasteiger partial charge in [0.1, 0.15) is 0 Å². The summed E-state index contributed by atoms with van der Waals surface area (Å²) >= 11 is 0. The molecule has 1 unspecified atom stereocenters. The van der Waals surface area contributed by atoms with Gasteiger partial charge in [-0.3, -0.25) is 4.79 Å². The Morgan fingerprint density at radius 2 is 2.27 bits per heavy atom. The van der Waals surface area contributed by atoms with Crippen LogP contribution in [0.15, 0.2) is 12.1 Å². The number of aliphatic hydroxyl groups excluding tert-OH is 1. The Morgan fingerprint density at radius 1 is 1.60 bits per heavy atom. The lowest BCUT2D eigenvalue weighted by Crippen LogP contribution is -2.13. The summed E-state index contributed by atoms with van der Waals surface area (Å²) in [5.41, 5.74) is 5.82. The quantitative estimate of drug-likeness (QED) is 0.619. The predicted octanol–water partition coefficient (Wildman–Crippen LogP) is 0.205. The minimum atomic E-state index is -0.970. The van der Waals surface area contributed by atoms with Crippen LogP contribution in [0.5, 0.6) is 11.5 Å². The zero-order valence-corrected chi connectivity index (χ0v) is 8.30. The van der Waals surface area contributed by atoms with E-state index in [2.05, 4.69) is 0 Å². The van der Waals surface area contributed by atoms with Crippen molar-refractivity contribution >= 4 is 6.29 Å². The number of ether oxygens (including phenoxy) is 1. The number of rotatable bonds is 4. The fourth-order valence-corrected chi connectivity index (χ4v) is 1.28. The molecule has 0 bridgehead atoms. The second kappa shape index (κ2) is 4.77. The third-order valence-corrected chi connectivity index (χ3v) is 2.09. The first-order valence-electron chi connectivity index (χ1n) is 4.38. The molecule has 15 heavy (non-hydrogen) atoms. The Balaban J connectivity index is 3.27. The van der Waals surface area contributed by atoms with E-state index in [0.717, 1.165) is 0 Å². The summed E-state index contributed by atoms with van der Waals surface area (Å²) in [5.74, 6) is 0.0515. The van der Waals surface area contributed by atoms with Crippen molar-refractivity contribution in [2.75, 3.05) is 13.7 Å². The molecule has 0 aliphatic heterocycles. The van der Waals surface area contributed by atoms with Gasteiger partial charge >= 0.3 is 0 Å². The molecule has 0 aliphatic carbocycles. The maximum absolute atomic E-state index is 10.7. The van der Waals surface area contributed by atoms with Gasteiger partial charge in [-0.1, -0.05) is 0 Å². The standard InChI is InChI=1S/C10H13NO4/c1-15-10-2-6(5-12)7(3-8(10)13)9(14)4-11/h2-3,5,9,13-14H,4,11H2,1H3. The van der Waals surface area contributed by atoms with Crippen LogP contribution < -0.4 is 10.5 Å². The van der Waals surface area contributed by atoms with Crippen LogP contribution in [0.4, 0.5) is 0 Å². The molecule has 1 aromatic rings. The molecule has 0 saturated heterocycles. The van der Waals surface area contributed by atoms with E-state index in [9.17, 15) is 15.0 Å². The summed E-state index contributed by atoms with van der Waals surface area (Å²) < 4.78 is 4.83. The molecule has 0 spiro atoms. The number of nitrogens with two attached hydrogens (primary N) is 1. The molecule has 0 saturated carbocycles. The summed E-state index contributed by atoms with van der Waals surface area (Å²) in [6, 6.07) is 2.64. The molecule has 0 heterocycles. The molecule has 0 radical (unpaired) electrons. The van der Waals surface area contributed by atoms with E-state index in [1.807, 2.05) is 0 Å². The van der Waals surface area contributed by atoms with Gasteiger partial charge in [0, 0.05) is 12.1 Å². The molecular weight excluding hydrogens is 198 g/mol. The molecule has 1 aromatic carbocycles.